The molecule has 1 atom stereocenters. The Morgan fingerprint density at radius 3 is 2.22 bits per heavy atom. The normalized spacial score (nSPS) is 22.7. The minimum Gasteiger partial charge on any atom is -0.395 e. The van der Waals surface area contributed by atoms with Crippen molar-refractivity contribution in [2.24, 2.45) is 0 Å². The first-order valence-electron chi connectivity index (χ1n) is 8.68. The smallest absolute Gasteiger partial charge is 0.236 e. The molecule has 6 heteroatoms. The third-order valence-corrected chi connectivity index (χ3v) is 5.00. The van der Waals surface area contributed by atoms with Gasteiger partial charge in [0, 0.05) is 58.4 Å². The molecule has 0 saturated carbocycles. The van der Waals surface area contributed by atoms with E-state index in [-0.39, 0.29) is 18.6 Å². The van der Waals surface area contributed by atoms with Gasteiger partial charge in [0.2, 0.25) is 5.91 Å². The van der Waals surface area contributed by atoms with Crippen LogP contribution in [0.25, 0.3) is 0 Å². The van der Waals surface area contributed by atoms with Crippen molar-refractivity contribution in [1.29, 1.82) is 0 Å². The number of rotatable bonds is 6. The highest BCUT2D eigenvalue weighted by Gasteiger charge is 2.26. The Kier molecular flexibility index (Phi) is 7.31. The van der Waals surface area contributed by atoms with Crippen molar-refractivity contribution in [3.05, 3.63) is 0 Å². The monoisotopic (exact) mass is 322 g/mol. The minimum absolute atomic E-state index is 0.220. The summed E-state index contributed by atoms with van der Waals surface area (Å²) in [5.41, 5.74) is 0. The van der Waals surface area contributed by atoms with Crippen LogP contribution < -0.4 is 0 Å². The summed E-state index contributed by atoms with van der Waals surface area (Å²) >= 11 is 0. The van der Waals surface area contributed by atoms with E-state index in [0.717, 1.165) is 58.8 Å². The number of aliphatic hydroxyl groups is 1. The highest BCUT2D eigenvalue weighted by molar-refractivity contribution is 5.78. The van der Waals surface area contributed by atoms with Crippen LogP contribution in [0.15, 0.2) is 0 Å². The molecule has 2 saturated heterocycles. The lowest BCUT2D eigenvalue weighted by Gasteiger charge is -2.39. The first kappa shape index (κ1) is 18.2. The number of hydrogen-bond donors (Lipinski definition) is 1. The fraction of sp³-hybridized carbons (Fsp3) is 0.824. The molecule has 23 heavy (non-hydrogen) atoms. The molecule has 6 nitrogen and oxygen atoms in total. The predicted octanol–water partition coefficient (Wildman–Crippen LogP) is -0.848. The average Bonchev–Trinajstić information content (AvgIpc) is 2.58. The van der Waals surface area contributed by atoms with E-state index in [0.29, 0.717) is 13.1 Å². The van der Waals surface area contributed by atoms with E-state index in [1.165, 1.54) is 0 Å². The highest BCUT2D eigenvalue weighted by Crippen LogP contribution is 2.10. The molecule has 0 spiro atoms. The van der Waals surface area contributed by atoms with Gasteiger partial charge >= 0.3 is 0 Å². The summed E-state index contributed by atoms with van der Waals surface area (Å²) in [6, 6.07) is 0.261. The molecule has 2 aliphatic rings. The number of terminal acetylenes is 1. The molecule has 1 amide bonds. The van der Waals surface area contributed by atoms with E-state index in [4.69, 9.17) is 6.42 Å². The van der Waals surface area contributed by atoms with Crippen LogP contribution in [-0.2, 0) is 4.79 Å². The van der Waals surface area contributed by atoms with Crippen LogP contribution in [0, 0.1) is 12.3 Å². The van der Waals surface area contributed by atoms with Gasteiger partial charge < -0.3 is 10.0 Å². The van der Waals surface area contributed by atoms with Crippen LogP contribution in [0.3, 0.4) is 0 Å². The molecule has 2 heterocycles. The summed E-state index contributed by atoms with van der Waals surface area (Å²) in [5, 5.41) is 9.39. The van der Waals surface area contributed by atoms with E-state index in [1.54, 1.807) is 0 Å². The van der Waals surface area contributed by atoms with Crippen LogP contribution in [0.5, 0.6) is 0 Å². The Balaban J connectivity index is 1.70. The van der Waals surface area contributed by atoms with E-state index in [1.807, 2.05) is 4.90 Å². The number of aliphatic hydroxyl groups excluding tert-OH is 1. The SMILES string of the molecule is C#CCN1CCN(C(=O)CN2CCN(C(CC)CO)CC2)CC1. The van der Waals surface area contributed by atoms with Gasteiger partial charge in [0.1, 0.15) is 0 Å². The Labute approximate surface area is 140 Å². The number of carbonyl (C=O) groups excluding carboxylic acids is 1. The van der Waals surface area contributed by atoms with Gasteiger partial charge in [-0.25, -0.2) is 0 Å². The fourth-order valence-electron chi connectivity index (χ4n) is 3.37. The molecule has 1 unspecified atom stereocenters. The predicted molar refractivity (Wildman–Crippen MR) is 91.0 cm³/mol. The lowest BCUT2D eigenvalue weighted by Crippen LogP contribution is -2.55. The average molecular weight is 322 g/mol. The van der Waals surface area contributed by atoms with Gasteiger partial charge in [-0.3, -0.25) is 19.5 Å². The van der Waals surface area contributed by atoms with Crippen LogP contribution in [0.1, 0.15) is 13.3 Å². The molecule has 0 aromatic rings. The molecule has 2 fully saturated rings. The first-order chi connectivity index (χ1) is 11.2. The maximum absolute atomic E-state index is 12.4. The molecule has 0 aliphatic carbocycles. The van der Waals surface area contributed by atoms with Gasteiger partial charge in [0.25, 0.3) is 0 Å². The topological polar surface area (TPSA) is 50.3 Å². The Morgan fingerprint density at radius 1 is 1.09 bits per heavy atom. The number of hydrogen-bond acceptors (Lipinski definition) is 5. The maximum atomic E-state index is 12.4. The minimum atomic E-state index is 0.220. The number of nitrogens with zero attached hydrogens (tertiary/aromatic N) is 4. The standard InChI is InChI=1S/C17H30N4O2/c1-3-5-18-6-12-21(13-7-18)17(23)14-19-8-10-20(11-9-19)16(4-2)15-22/h1,16,22H,4-15H2,2H3. The molecule has 2 aliphatic heterocycles. The number of carbonyl (C=O) groups is 1. The van der Waals surface area contributed by atoms with E-state index < -0.39 is 0 Å². The summed E-state index contributed by atoms with van der Waals surface area (Å²) in [6.45, 7) is 10.5. The third kappa shape index (κ3) is 5.18. The second-order valence-electron chi connectivity index (χ2n) is 6.42. The van der Waals surface area contributed by atoms with Crippen molar-refractivity contribution in [3.63, 3.8) is 0 Å². The Hall–Kier alpha value is -1.13. The lowest BCUT2D eigenvalue weighted by molar-refractivity contribution is -0.134. The van der Waals surface area contributed by atoms with Crippen molar-refractivity contribution in [3.8, 4) is 12.3 Å². The lowest BCUT2D eigenvalue weighted by atomic mass is 10.1. The van der Waals surface area contributed by atoms with Gasteiger partial charge in [-0.05, 0) is 6.42 Å². The number of piperazine rings is 2. The zero-order valence-corrected chi connectivity index (χ0v) is 14.3. The molecule has 130 valence electrons. The molecular formula is C17H30N4O2. The van der Waals surface area contributed by atoms with Gasteiger partial charge in [-0.1, -0.05) is 12.8 Å². The Bertz CT molecular complexity index is 403. The zero-order valence-electron chi connectivity index (χ0n) is 14.3. The van der Waals surface area contributed by atoms with Crippen molar-refractivity contribution in [2.45, 2.75) is 19.4 Å². The molecule has 0 radical (unpaired) electrons. The van der Waals surface area contributed by atoms with Crippen molar-refractivity contribution >= 4 is 5.91 Å². The van der Waals surface area contributed by atoms with Crippen LogP contribution in [-0.4, -0.2) is 109 Å². The zero-order chi connectivity index (χ0) is 16.7. The Morgan fingerprint density at radius 2 is 1.70 bits per heavy atom. The molecule has 1 N–H and O–H groups in total. The highest BCUT2D eigenvalue weighted by atomic mass is 16.3. The van der Waals surface area contributed by atoms with Gasteiger partial charge in [-0.2, -0.15) is 0 Å². The summed E-state index contributed by atoms with van der Waals surface area (Å²) in [4.78, 5) is 21.2. The summed E-state index contributed by atoms with van der Waals surface area (Å²) in [6.07, 6.45) is 6.30. The summed E-state index contributed by atoms with van der Waals surface area (Å²) in [7, 11) is 0. The molecule has 2 rings (SSSR count). The summed E-state index contributed by atoms with van der Waals surface area (Å²) in [5.74, 6) is 2.89. The van der Waals surface area contributed by atoms with Crippen molar-refractivity contribution < 1.29 is 9.90 Å². The molecule has 0 aromatic heterocycles. The van der Waals surface area contributed by atoms with E-state index in [9.17, 15) is 9.90 Å². The molecule has 0 bridgehead atoms. The van der Waals surface area contributed by atoms with Crippen molar-refractivity contribution in [1.82, 2.24) is 19.6 Å². The first-order valence-corrected chi connectivity index (χ1v) is 8.68. The largest absolute Gasteiger partial charge is 0.395 e. The van der Waals surface area contributed by atoms with Gasteiger partial charge in [0.15, 0.2) is 0 Å². The number of amides is 1. The summed E-state index contributed by atoms with van der Waals surface area (Å²) < 4.78 is 0. The molecule has 0 aromatic carbocycles. The van der Waals surface area contributed by atoms with Crippen molar-refractivity contribution in [2.75, 3.05) is 72.1 Å². The van der Waals surface area contributed by atoms with E-state index in [2.05, 4.69) is 27.5 Å². The fourth-order valence-corrected chi connectivity index (χ4v) is 3.37. The second-order valence-corrected chi connectivity index (χ2v) is 6.42. The molecular weight excluding hydrogens is 292 g/mol. The van der Waals surface area contributed by atoms with Crippen LogP contribution in [0.2, 0.25) is 0 Å². The maximum Gasteiger partial charge on any atom is 0.236 e. The third-order valence-electron chi connectivity index (χ3n) is 5.00. The van der Waals surface area contributed by atoms with Crippen LogP contribution >= 0.6 is 0 Å². The van der Waals surface area contributed by atoms with Gasteiger partial charge in [0.05, 0.1) is 19.7 Å². The second kappa shape index (κ2) is 9.24. The van der Waals surface area contributed by atoms with Gasteiger partial charge in [-0.15, -0.1) is 6.42 Å². The van der Waals surface area contributed by atoms with E-state index >= 15 is 0 Å². The van der Waals surface area contributed by atoms with Crippen LogP contribution in [0.4, 0.5) is 0 Å². The quantitative estimate of drug-likeness (QED) is 0.646.